The molecule has 1 amide bonds. The molecule has 0 aromatic heterocycles. The van der Waals surface area contributed by atoms with Crippen LogP contribution < -0.4 is 9.64 Å². The second-order valence-corrected chi connectivity index (χ2v) is 7.38. The number of rotatable bonds is 7. The van der Waals surface area contributed by atoms with Crippen LogP contribution in [0.2, 0.25) is 0 Å². The van der Waals surface area contributed by atoms with Gasteiger partial charge in [-0.05, 0) is 43.3 Å². The van der Waals surface area contributed by atoms with Gasteiger partial charge in [-0.3, -0.25) is 14.9 Å². The average molecular weight is 401 g/mol. The van der Waals surface area contributed by atoms with E-state index in [-0.39, 0.29) is 11.6 Å². The van der Waals surface area contributed by atoms with Crippen molar-refractivity contribution in [1.82, 2.24) is 4.90 Å². The number of non-ortho nitro benzene ring substituents is 1. The Morgan fingerprint density at radius 3 is 2.29 bits per heavy atom. The number of thioether (sulfide) groups is 1. The number of benzene rings is 2. The zero-order chi connectivity index (χ0) is 19.9. The van der Waals surface area contributed by atoms with Crippen LogP contribution in [-0.4, -0.2) is 54.3 Å². The van der Waals surface area contributed by atoms with E-state index < -0.39 is 4.92 Å². The normalized spacial score (nSPS) is 14.0. The topological polar surface area (TPSA) is 75.9 Å². The van der Waals surface area contributed by atoms with Gasteiger partial charge in [-0.15, -0.1) is 11.8 Å². The van der Waals surface area contributed by atoms with Crippen molar-refractivity contribution >= 4 is 29.0 Å². The Labute approximate surface area is 168 Å². The smallest absolute Gasteiger partial charge is 0.269 e. The van der Waals surface area contributed by atoms with Gasteiger partial charge >= 0.3 is 0 Å². The molecule has 1 saturated heterocycles. The fourth-order valence-electron chi connectivity index (χ4n) is 3.03. The first-order valence-electron chi connectivity index (χ1n) is 9.19. The van der Waals surface area contributed by atoms with E-state index in [2.05, 4.69) is 4.90 Å². The summed E-state index contributed by atoms with van der Waals surface area (Å²) in [5.41, 5.74) is 1.03. The quantitative estimate of drug-likeness (QED) is 0.402. The Morgan fingerprint density at radius 1 is 1.07 bits per heavy atom. The summed E-state index contributed by atoms with van der Waals surface area (Å²) in [5, 5.41) is 10.8. The second kappa shape index (κ2) is 9.45. The number of hydrogen-bond acceptors (Lipinski definition) is 6. The van der Waals surface area contributed by atoms with Crippen LogP contribution in [0.25, 0.3) is 0 Å². The van der Waals surface area contributed by atoms with Crippen LogP contribution in [-0.2, 0) is 4.79 Å². The summed E-state index contributed by atoms with van der Waals surface area (Å²) in [6, 6.07) is 14.3. The Hall–Kier alpha value is -2.74. The molecular weight excluding hydrogens is 378 g/mol. The second-order valence-electron chi connectivity index (χ2n) is 6.33. The number of carbonyl (C=O) groups is 1. The molecule has 8 heteroatoms. The molecule has 2 aromatic carbocycles. The molecular formula is C20H23N3O4S. The molecule has 2 aromatic rings. The van der Waals surface area contributed by atoms with Gasteiger partial charge in [0, 0.05) is 48.9 Å². The van der Waals surface area contributed by atoms with Crippen LogP contribution in [0.5, 0.6) is 5.75 Å². The molecule has 28 heavy (non-hydrogen) atoms. The molecule has 0 spiro atoms. The lowest BCUT2D eigenvalue weighted by molar-refractivity contribution is -0.384. The maximum absolute atomic E-state index is 12.5. The molecule has 3 rings (SSSR count). The highest BCUT2D eigenvalue weighted by Gasteiger charge is 2.21. The summed E-state index contributed by atoms with van der Waals surface area (Å²) < 4.78 is 5.42. The fraction of sp³-hybridized carbons (Fsp3) is 0.350. The van der Waals surface area contributed by atoms with Gasteiger partial charge in [0.15, 0.2) is 0 Å². The highest BCUT2D eigenvalue weighted by atomic mass is 32.2. The van der Waals surface area contributed by atoms with Gasteiger partial charge in [0.25, 0.3) is 5.69 Å². The lowest BCUT2D eigenvalue weighted by atomic mass is 10.2. The van der Waals surface area contributed by atoms with E-state index in [0.29, 0.717) is 25.4 Å². The standard InChI is InChI=1S/C20H23N3O4S/c1-2-27-18-7-9-19(10-8-18)28-15-20(24)22-13-11-21(12-14-22)16-3-5-17(6-4-16)23(25)26/h3-10H,2,11-15H2,1H3. The first-order chi connectivity index (χ1) is 13.6. The van der Waals surface area contributed by atoms with Gasteiger partial charge in [0.2, 0.25) is 5.91 Å². The van der Waals surface area contributed by atoms with E-state index in [0.717, 1.165) is 29.4 Å². The van der Waals surface area contributed by atoms with Crippen LogP contribution in [0.4, 0.5) is 11.4 Å². The third-order valence-corrected chi connectivity index (χ3v) is 5.55. The van der Waals surface area contributed by atoms with E-state index in [1.165, 1.54) is 23.9 Å². The van der Waals surface area contributed by atoms with Gasteiger partial charge in [0.1, 0.15) is 5.75 Å². The predicted molar refractivity (Wildman–Crippen MR) is 110 cm³/mol. The van der Waals surface area contributed by atoms with Crippen LogP contribution >= 0.6 is 11.8 Å². The lowest BCUT2D eigenvalue weighted by Crippen LogP contribution is -2.49. The zero-order valence-corrected chi connectivity index (χ0v) is 16.6. The third-order valence-electron chi connectivity index (χ3n) is 4.56. The maximum atomic E-state index is 12.5. The maximum Gasteiger partial charge on any atom is 0.269 e. The highest BCUT2D eigenvalue weighted by Crippen LogP contribution is 2.23. The Bertz CT molecular complexity index is 803. The molecule has 0 saturated carbocycles. The van der Waals surface area contributed by atoms with E-state index in [1.54, 1.807) is 12.1 Å². The minimum absolute atomic E-state index is 0.0869. The molecule has 0 unspecified atom stereocenters. The number of carbonyl (C=O) groups excluding carboxylic acids is 1. The molecule has 1 heterocycles. The number of ether oxygens (including phenoxy) is 1. The van der Waals surface area contributed by atoms with Crippen molar-refractivity contribution in [3.8, 4) is 5.75 Å². The van der Waals surface area contributed by atoms with Crippen LogP contribution in [0.1, 0.15) is 6.92 Å². The largest absolute Gasteiger partial charge is 0.494 e. The molecule has 0 radical (unpaired) electrons. The van der Waals surface area contributed by atoms with Gasteiger partial charge in [-0.25, -0.2) is 0 Å². The lowest BCUT2D eigenvalue weighted by Gasteiger charge is -2.36. The first-order valence-corrected chi connectivity index (χ1v) is 10.2. The van der Waals surface area contributed by atoms with Crippen molar-refractivity contribution in [1.29, 1.82) is 0 Å². The number of nitro groups is 1. The Balaban J connectivity index is 1.46. The van der Waals surface area contributed by atoms with E-state index in [9.17, 15) is 14.9 Å². The molecule has 148 valence electrons. The number of nitrogens with zero attached hydrogens (tertiary/aromatic N) is 3. The van der Waals surface area contributed by atoms with Crippen LogP contribution in [0.3, 0.4) is 0 Å². The number of hydrogen-bond donors (Lipinski definition) is 0. The molecule has 1 fully saturated rings. The summed E-state index contributed by atoms with van der Waals surface area (Å²) in [6.45, 7) is 5.33. The van der Waals surface area contributed by atoms with Crippen LogP contribution in [0, 0.1) is 10.1 Å². The first kappa shape index (κ1) is 20.0. The van der Waals surface area contributed by atoms with Gasteiger partial charge in [-0.2, -0.15) is 0 Å². The summed E-state index contributed by atoms with van der Waals surface area (Å²) >= 11 is 1.53. The molecule has 0 aliphatic carbocycles. The zero-order valence-electron chi connectivity index (χ0n) is 15.7. The van der Waals surface area contributed by atoms with E-state index in [1.807, 2.05) is 36.1 Å². The number of anilines is 1. The Kier molecular flexibility index (Phi) is 6.76. The SMILES string of the molecule is CCOc1ccc(SCC(=O)N2CCN(c3ccc([N+](=O)[O-])cc3)CC2)cc1. The average Bonchev–Trinajstić information content (AvgIpc) is 2.73. The predicted octanol–water partition coefficient (Wildman–Crippen LogP) is 3.43. The minimum Gasteiger partial charge on any atom is -0.494 e. The van der Waals surface area contributed by atoms with Crippen molar-refractivity contribution in [3.05, 3.63) is 58.6 Å². The summed E-state index contributed by atoms with van der Waals surface area (Å²) in [4.78, 5) is 27.9. The molecule has 7 nitrogen and oxygen atoms in total. The van der Waals surface area contributed by atoms with Crippen molar-refractivity contribution < 1.29 is 14.5 Å². The van der Waals surface area contributed by atoms with E-state index in [4.69, 9.17) is 4.74 Å². The number of piperazine rings is 1. The van der Waals surface area contributed by atoms with Gasteiger partial charge in [0.05, 0.1) is 17.3 Å². The fourth-order valence-corrected chi connectivity index (χ4v) is 3.84. The number of nitro benzene ring substituents is 1. The van der Waals surface area contributed by atoms with Crippen molar-refractivity contribution in [3.63, 3.8) is 0 Å². The summed E-state index contributed by atoms with van der Waals surface area (Å²) in [5.74, 6) is 1.37. The van der Waals surface area contributed by atoms with Crippen molar-refractivity contribution in [2.24, 2.45) is 0 Å². The van der Waals surface area contributed by atoms with E-state index >= 15 is 0 Å². The summed E-state index contributed by atoms with van der Waals surface area (Å²) in [7, 11) is 0. The Morgan fingerprint density at radius 2 is 1.71 bits per heavy atom. The third kappa shape index (κ3) is 5.16. The molecule has 1 aliphatic heterocycles. The highest BCUT2D eigenvalue weighted by molar-refractivity contribution is 8.00. The van der Waals surface area contributed by atoms with Crippen LogP contribution in [0.15, 0.2) is 53.4 Å². The molecule has 0 atom stereocenters. The molecule has 0 bridgehead atoms. The van der Waals surface area contributed by atoms with Gasteiger partial charge in [-0.1, -0.05) is 0 Å². The van der Waals surface area contributed by atoms with Gasteiger partial charge < -0.3 is 14.5 Å². The molecule has 1 aliphatic rings. The van der Waals surface area contributed by atoms with Crippen molar-refractivity contribution in [2.45, 2.75) is 11.8 Å². The molecule has 0 N–H and O–H groups in total. The minimum atomic E-state index is -0.400. The monoisotopic (exact) mass is 401 g/mol. The summed E-state index contributed by atoms with van der Waals surface area (Å²) in [6.07, 6.45) is 0. The van der Waals surface area contributed by atoms with Crippen molar-refractivity contribution in [2.75, 3.05) is 43.4 Å². The number of amides is 1.